The van der Waals surface area contributed by atoms with Crippen molar-refractivity contribution in [2.75, 3.05) is 5.32 Å². The van der Waals surface area contributed by atoms with Crippen molar-refractivity contribution in [2.45, 2.75) is 13.5 Å². The molecule has 0 spiro atoms. The van der Waals surface area contributed by atoms with E-state index in [1.165, 1.54) is 12.4 Å². The maximum Gasteiger partial charge on any atom is 0.297 e. The first-order chi connectivity index (χ1) is 13.4. The fourth-order valence-electron chi connectivity index (χ4n) is 2.97. The number of nitrogens with one attached hydrogen (secondary N) is 1. The maximum atomic E-state index is 12.6. The Balaban J connectivity index is 1.61. The van der Waals surface area contributed by atoms with Gasteiger partial charge in [-0.05, 0) is 25.1 Å². The lowest BCUT2D eigenvalue weighted by Gasteiger charge is -2.07. The molecule has 2 aromatic heterocycles. The number of furan rings is 1. The first-order valence-electron chi connectivity index (χ1n) is 8.35. The molecule has 28 heavy (non-hydrogen) atoms. The summed E-state index contributed by atoms with van der Waals surface area (Å²) in [5, 5.41) is 14.3. The van der Waals surface area contributed by atoms with Crippen LogP contribution in [0.25, 0.3) is 22.1 Å². The van der Waals surface area contributed by atoms with Gasteiger partial charge in [0.25, 0.3) is 11.2 Å². The van der Waals surface area contributed by atoms with Crippen LogP contribution in [0.4, 0.5) is 11.4 Å². The minimum absolute atomic E-state index is 0.0717. The normalized spacial score (nSPS) is 11.0. The van der Waals surface area contributed by atoms with E-state index in [1.807, 2.05) is 6.07 Å². The number of amides is 1. The summed E-state index contributed by atoms with van der Waals surface area (Å²) >= 11 is 0. The van der Waals surface area contributed by atoms with Crippen molar-refractivity contribution in [1.82, 2.24) is 9.55 Å². The highest BCUT2D eigenvalue weighted by atomic mass is 16.6. The average Bonchev–Trinajstić information content (AvgIpc) is 3.05. The summed E-state index contributed by atoms with van der Waals surface area (Å²) in [7, 11) is 0. The van der Waals surface area contributed by atoms with Gasteiger partial charge in [0.1, 0.15) is 17.6 Å². The van der Waals surface area contributed by atoms with Gasteiger partial charge in [-0.1, -0.05) is 18.2 Å². The van der Waals surface area contributed by atoms with Crippen molar-refractivity contribution in [3.05, 3.63) is 74.8 Å². The molecule has 0 aliphatic rings. The largest absolute Gasteiger partial charge is 0.448 e. The molecule has 0 aliphatic carbocycles. The predicted molar refractivity (Wildman–Crippen MR) is 102 cm³/mol. The monoisotopic (exact) mass is 378 g/mol. The number of carbonyl (C=O) groups is 1. The van der Waals surface area contributed by atoms with Crippen LogP contribution in [0, 0.1) is 17.0 Å². The smallest absolute Gasteiger partial charge is 0.297 e. The van der Waals surface area contributed by atoms with Gasteiger partial charge >= 0.3 is 0 Å². The van der Waals surface area contributed by atoms with Gasteiger partial charge in [0.15, 0.2) is 0 Å². The Morgan fingerprint density at radius 1 is 1.29 bits per heavy atom. The Kier molecular flexibility index (Phi) is 4.11. The summed E-state index contributed by atoms with van der Waals surface area (Å²) in [6.07, 6.45) is 1.28. The van der Waals surface area contributed by atoms with Gasteiger partial charge in [-0.15, -0.1) is 0 Å². The minimum atomic E-state index is -0.519. The molecule has 0 aliphatic heterocycles. The van der Waals surface area contributed by atoms with Crippen LogP contribution in [0.2, 0.25) is 0 Å². The lowest BCUT2D eigenvalue weighted by Crippen LogP contribution is -2.27. The number of rotatable bonds is 4. The summed E-state index contributed by atoms with van der Waals surface area (Å²) in [4.78, 5) is 39.7. The lowest BCUT2D eigenvalue weighted by molar-refractivity contribution is -0.385. The zero-order chi connectivity index (χ0) is 19.8. The molecule has 9 heteroatoms. The number of carbonyl (C=O) groups excluding carboxylic acids is 1. The van der Waals surface area contributed by atoms with Crippen LogP contribution in [0.15, 0.2) is 58.0 Å². The number of aryl methyl sites for hydroxylation is 1. The number of aromatic nitrogens is 2. The summed E-state index contributed by atoms with van der Waals surface area (Å²) in [5.74, 6) is -0.516. The standard InChI is InChI=1S/C19H14N4O5/c1-11-6-7-12(8-14(11)23(26)27)21-16(24)9-22-10-20-17-13-4-2-3-5-15(13)28-18(17)19(22)25/h2-8,10H,9H2,1H3,(H,21,24). The van der Waals surface area contributed by atoms with E-state index in [9.17, 15) is 19.7 Å². The summed E-state index contributed by atoms with van der Waals surface area (Å²) in [5.41, 5.74) is 1.23. The van der Waals surface area contributed by atoms with E-state index < -0.39 is 16.4 Å². The molecule has 4 aromatic rings. The molecule has 1 N–H and O–H groups in total. The zero-order valence-electron chi connectivity index (χ0n) is 14.7. The molecule has 0 saturated carbocycles. The van der Waals surface area contributed by atoms with E-state index in [2.05, 4.69) is 10.3 Å². The molecule has 1 amide bonds. The second-order valence-corrected chi connectivity index (χ2v) is 6.26. The number of nitro benzene ring substituents is 1. The molecular weight excluding hydrogens is 364 g/mol. The van der Waals surface area contributed by atoms with Crippen LogP contribution in [0.1, 0.15) is 5.56 Å². The van der Waals surface area contributed by atoms with E-state index in [4.69, 9.17) is 4.42 Å². The van der Waals surface area contributed by atoms with E-state index in [-0.39, 0.29) is 23.5 Å². The van der Waals surface area contributed by atoms with Gasteiger partial charge in [-0.3, -0.25) is 24.3 Å². The highest BCUT2D eigenvalue weighted by Crippen LogP contribution is 2.24. The number of fused-ring (bicyclic) bond motifs is 3. The summed E-state index contributed by atoms with van der Waals surface area (Å²) < 4.78 is 6.70. The topological polar surface area (TPSA) is 120 Å². The average molecular weight is 378 g/mol. The fraction of sp³-hybridized carbons (Fsp3) is 0.105. The van der Waals surface area contributed by atoms with E-state index in [0.717, 1.165) is 9.95 Å². The molecule has 0 saturated heterocycles. The summed E-state index contributed by atoms with van der Waals surface area (Å²) in [6.45, 7) is 1.30. The molecule has 0 fully saturated rings. The molecule has 0 atom stereocenters. The molecule has 2 heterocycles. The van der Waals surface area contributed by atoms with Gasteiger partial charge in [-0.2, -0.15) is 0 Å². The fourth-order valence-corrected chi connectivity index (χ4v) is 2.97. The third-order valence-corrected chi connectivity index (χ3v) is 4.35. The second-order valence-electron chi connectivity index (χ2n) is 6.26. The van der Waals surface area contributed by atoms with E-state index >= 15 is 0 Å². The van der Waals surface area contributed by atoms with Crippen LogP contribution >= 0.6 is 0 Å². The predicted octanol–water partition coefficient (Wildman–Crippen LogP) is 3.00. The van der Waals surface area contributed by atoms with Crippen molar-refractivity contribution >= 4 is 39.4 Å². The van der Waals surface area contributed by atoms with Crippen molar-refractivity contribution in [2.24, 2.45) is 0 Å². The quantitative estimate of drug-likeness (QED) is 0.430. The highest BCUT2D eigenvalue weighted by molar-refractivity contribution is 6.01. The zero-order valence-corrected chi connectivity index (χ0v) is 14.7. The number of anilines is 1. The SMILES string of the molecule is Cc1ccc(NC(=O)Cn2cnc3c(oc4ccccc43)c2=O)cc1[N+](=O)[O-]. The number of para-hydroxylation sites is 1. The molecule has 4 rings (SSSR count). The first kappa shape index (κ1) is 17.4. The molecule has 140 valence electrons. The molecule has 0 unspecified atom stereocenters. The third kappa shape index (κ3) is 2.98. The first-order valence-corrected chi connectivity index (χ1v) is 8.35. The minimum Gasteiger partial charge on any atom is -0.448 e. The summed E-state index contributed by atoms with van der Waals surface area (Å²) in [6, 6.07) is 11.5. The van der Waals surface area contributed by atoms with Gasteiger partial charge in [-0.25, -0.2) is 4.98 Å². The van der Waals surface area contributed by atoms with Crippen LogP contribution in [-0.2, 0) is 11.3 Å². The lowest BCUT2D eigenvalue weighted by atomic mass is 10.2. The Hall–Kier alpha value is -4.01. The number of hydrogen-bond donors (Lipinski definition) is 1. The second kappa shape index (κ2) is 6.62. The third-order valence-electron chi connectivity index (χ3n) is 4.35. The molecule has 0 bridgehead atoms. The Labute approximate surface area is 157 Å². The van der Waals surface area contributed by atoms with Gasteiger partial charge < -0.3 is 9.73 Å². The Morgan fingerprint density at radius 3 is 2.86 bits per heavy atom. The van der Waals surface area contributed by atoms with Crippen molar-refractivity contribution in [3.8, 4) is 0 Å². The van der Waals surface area contributed by atoms with Gasteiger partial charge in [0, 0.05) is 22.7 Å². The van der Waals surface area contributed by atoms with Crippen molar-refractivity contribution < 1.29 is 14.1 Å². The van der Waals surface area contributed by atoms with Crippen LogP contribution in [-0.4, -0.2) is 20.4 Å². The highest BCUT2D eigenvalue weighted by Gasteiger charge is 2.16. The van der Waals surface area contributed by atoms with Gasteiger partial charge in [0.05, 0.1) is 11.3 Å². The maximum absolute atomic E-state index is 12.6. The number of nitrogens with zero attached hydrogens (tertiary/aromatic N) is 3. The van der Waals surface area contributed by atoms with E-state index in [0.29, 0.717) is 16.7 Å². The van der Waals surface area contributed by atoms with E-state index in [1.54, 1.807) is 37.3 Å². The molecule has 9 nitrogen and oxygen atoms in total. The molecule has 2 aromatic carbocycles. The van der Waals surface area contributed by atoms with Crippen molar-refractivity contribution in [3.63, 3.8) is 0 Å². The van der Waals surface area contributed by atoms with Crippen LogP contribution < -0.4 is 10.9 Å². The van der Waals surface area contributed by atoms with Crippen LogP contribution in [0.3, 0.4) is 0 Å². The number of nitro groups is 1. The van der Waals surface area contributed by atoms with Crippen LogP contribution in [0.5, 0.6) is 0 Å². The number of hydrogen-bond acceptors (Lipinski definition) is 6. The number of benzene rings is 2. The molecular formula is C19H14N4O5. The van der Waals surface area contributed by atoms with Gasteiger partial charge in [0.2, 0.25) is 11.5 Å². The molecule has 0 radical (unpaired) electrons. The Bertz CT molecular complexity index is 1300. The van der Waals surface area contributed by atoms with Crippen molar-refractivity contribution in [1.29, 1.82) is 0 Å². The Morgan fingerprint density at radius 2 is 2.07 bits per heavy atom.